The molecule has 0 fully saturated rings. The number of carbonyl (C=O) groups is 1. The van der Waals surface area contributed by atoms with Crippen LogP contribution in [-0.2, 0) is 13.1 Å². The maximum atomic E-state index is 12.2. The summed E-state index contributed by atoms with van der Waals surface area (Å²) < 4.78 is 3.33. The monoisotopic (exact) mass is 363 g/mol. The second kappa shape index (κ2) is 7.07. The zero-order chi connectivity index (χ0) is 17.1. The Morgan fingerprint density at radius 3 is 2.54 bits per heavy atom. The van der Waals surface area contributed by atoms with Crippen LogP contribution in [0.4, 0.5) is 5.82 Å². The van der Waals surface area contributed by atoms with Crippen LogP contribution in [0.15, 0.2) is 42.7 Å². The highest BCUT2D eigenvalue weighted by atomic mass is 35.5. The quantitative estimate of drug-likeness (QED) is 0.751. The predicted molar refractivity (Wildman–Crippen MR) is 93.6 cm³/mol. The third-order valence-electron chi connectivity index (χ3n) is 3.40. The van der Waals surface area contributed by atoms with Crippen molar-refractivity contribution in [1.29, 1.82) is 0 Å². The SMILES string of the molecule is CCn1cc(Cl)c(C(=O)Nc2ccn(Cc3ccc(Cl)cc3)n2)n1. The van der Waals surface area contributed by atoms with Gasteiger partial charge in [-0.25, -0.2) is 0 Å². The number of amides is 1. The van der Waals surface area contributed by atoms with Gasteiger partial charge in [0, 0.05) is 30.0 Å². The van der Waals surface area contributed by atoms with Crippen LogP contribution in [0, 0.1) is 0 Å². The predicted octanol–water partition coefficient (Wildman–Crippen LogP) is 3.71. The van der Waals surface area contributed by atoms with E-state index in [0.717, 1.165) is 5.56 Å². The number of aromatic nitrogens is 4. The summed E-state index contributed by atoms with van der Waals surface area (Å²) in [5, 5.41) is 12.2. The summed E-state index contributed by atoms with van der Waals surface area (Å²) in [6.45, 7) is 3.14. The van der Waals surface area contributed by atoms with E-state index in [2.05, 4.69) is 15.5 Å². The van der Waals surface area contributed by atoms with Crippen molar-refractivity contribution in [1.82, 2.24) is 19.6 Å². The molecule has 2 heterocycles. The van der Waals surface area contributed by atoms with E-state index in [4.69, 9.17) is 23.2 Å². The lowest BCUT2D eigenvalue weighted by atomic mass is 10.2. The van der Waals surface area contributed by atoms with E-state index in [1.165, 1.54) is 0 Å². The zero-order valence-electron chi connectivity index (χ0n) is 12.9. The molecule has 2 aromatic heterocycles. The van der Waals surface area contributed by atoms with Gasteiger partial charge in [-0.2, -0.15) is 10.2 Å². The first kappa shape index (κ1) is 16.5. The number of hydrogen-bond donors (Lipinski definition) is 1. The molecule has 8 heteroatoms. The molecule has 0 radical (unpaired) electrons. The minimum Gasteiger partial charge on any atom is -0.304 e. The lowest BCUT2D eigenvalue weighted by Gasteiger charge is -2.02. The summed E-state index contributed by atoms with van der Waals surface area (Å²) in [5.41, 5.74) is 1.25. The van der Waals surface area contributed by atoms with Crippen molar-refractivity contribution in [2.45, 2.75) is 20.0 Å². The summed E-state index contributed by atoms with van der Waals surface area (Å²) in [6.07, 6.45) is 3.41. The molecule has 1 aromatic carbocycles. The van der Waals surface area contributed by atoms with Gasteiger partial charge >= 0.3 is 0 Å². The maximum absolute atomic E-state index is 12.2. The third-order valence-corrected chi connectivity index (χ3v) is 3.92. The number of nitrogens with one attached hydrogen (secondary N) is 1. The number of hydrogen-bond acceptors (Lipinski definition) is 3. The first-order valence-corrected chi connectivity index (χ1v) is 8.13. The van der Waals surface area contributed by atoms with Crippen LogP contribution in [0.25, 0.3) is 0 Å². The Morgan fingerprint density at radius 2 is 1.88 bits per heavy atom. The molecule has 0 aliphatic heterocycles. The van der Waals surface area contributed by atoms with Crippen LogP contribution < -0.4 is 5.32 Å². The van der Waals surface area contributed by atoms with Gasteiger partial charge in [-0.3, -0.25) is 14.2 Å². The molecule has 0 unspecified atom stereocenters. The molecule has 0 bridgehead atoms. The van der Waals surface area contributed by atoms with Gasteiger partial charge in [-0.1, -0.05) is 35.3 Å². The molecule has 0 spiro atoms. The molecule has 24 heavy (non-hydrogen) atoms. The summed E-state index contributed by atoms with van der Waals surface area (Å²) >= 11 is 11.9. The minimum absolute atomic E-state index is 0.186. The highest BCUT2D eigenvalue weighted by molar-refractivity contribution is 6.34. The van der Waals surface area contributed by atoms with Crippen molar-refractivity contribution < 1.29 is 4.79 Å². The first-order chi connectivity index (χ1) is 11.5. The van der Waals surface area contributed by atoms with E-state index in [-0.39, 0.29) is 11.6 Å². The van der Waals surface area contributed by atoms with E-state index in [0.29, 0.717) is 29.0 Å². The van der Waals surface area contributed by atoms with Gasteiger partial charge in [0.25, 0.3) is 5.91 Å². The van der Waals surface area contributed by atoms with Crippen LogP contribution in [0.3, 0.4) is 0 Å². The molecule has 0 aliphatic carbocycles. The fourth-order valence-electron chi connectivity index (χ4n) is 2.18. The van der Waals surface area contributed by atoms with E-state index >= 15 is 0 Å². The van der Waals surface area contributed by atoms with E-state index in [1.54, 1.807) is 27.8 Å². The van der Waals surface area contributed by atoms with Gasteiger partial charge in [0.15, 0.2) is 11.5 Å². The molecule has 124 valence electrons. The highest BCUT2D eigenvalue weighted by Crippen LogP contribution is 2.16. The van der Waals surface area contributed by atoms with Crippen LogP contribution in [-0.4, -0.2) is 25.5 Å². The Bertz CT molecular complexity index is 854. The number of aryl methyl sites for hydroxylation is 1. The van der Waals surface area contributed by atoms with Crippen molar-refractivity contribution in [3.05, 3.63) is 64.0 Å². The molecule has 0 atom stereocenters. The Labute approximate surface area is 149 Å². The van der Waals surface area contributed by atoms with Gasteiger partial charge in [-0.05, 0) is 24.6 Å². The largest absolute Gasteiger partial charge is 0.304 e. The van der Waals surface area contributed by atoms with Crippen molar-refractivity contribution in [2.75, 3.05) is 5.32 Å². The Morgan fingerprint density at radius 1 is 1.12 bits per heavy atom. The van der Waals surface area contributed by atoms with E-state index < -0.39 is 0 Å². The van der Waals surface area contributed by atoms with Crippen molar-refractivity contribution in [3.8, 4) is 0 Å². The zero-order valence-corrected chi connectivity index (χ0v) is 14.4. The maximum Gasteiger partial charge on any atom is 0.278 e. The number of benzene rings is 1. The number of rotatable bonds is 5. The average molecular weight is 364 g/mol. The topological polar surface area (TPSA) is 64.7 Å². The Kier molecular flexibility index (Phi) is 4.87. The average Bonchev–Trinajstić information content (AvgIpc) is 3.16. The molecule has 3 rings (SSSR count). The van der Waals surface area contributed by atoms with E-state index in [9.17, 15) is 4.79 Å². The van der Waals surface area contributed by atoms with Crippen molar-refractivity contribution >= 4 is 34.9 Å². The molecule has 1 amide bonds. The number of anilines is 1. The van der Waals surface area contributed by atoms with Gasteiger partial charge < -0.3 is 5.32 Å². The standard InChI is InChI=1S/C16H15Cl2N5O/c1-2-22-10-13(18)15(21-22)16(24)19-14-7-8-23(20-14)9-11-3-5-12(17)6-4-11/h3-8,10H,2,9H2,1H3,(H,19,20,24). The molecule has 0 saturated heterocycles. The van der Waals surface area contributed by atoms with Gasteiger partial charge in [0.2, 0.25) is 0 Å². The van der Waals surface area contributed by atoms with Crippen LogP contribution in [0.1, 0.15) is 23.0 Å². The number of nitrogens with zero attached hydrogens (tertiary/aromatic N) is 4. The van der Waals surface area contributed by atoms with Gasteiger partial charge in [-0.15, -0.1) is 0 Å². The molecular formula is C16H15Cl2N5O. The number of carbonyl (C=O) groups excluding carboxylic acids is 1. The lowest BCUT2D eigenvalue weighted by molar-refractivity contribution is 0.102. The Hall–Kier alpha value is -2.31. The second-order valence-corrected chi connectivity index (χ2v) is 6.00. The van der Waals surface area contributed by atoms with Crippen LogP contribution in [0.5, 0.6) is 0 Å². The van der Waals surface area contributed by atoms with Crippen LogP contribution >= 0.6 is 23.2 Å². The highest BCUT2D eigenvalue weighted by Gasteiger charge is 2.16. The van der Waals surface area contributed by atoms with Crippen LogP contribution in [0.2, 0.25) is 10.0 Å². The smallest absolute Gasteiger partial charge is 0.278 e. The minimum atomic E-state index is -0.385. The van der Waals surface area contributed by atoms with E-state index in [1.807, 2.05) is 31.2 Å². The summed E-state index contributed by atoms with van der Waals surface area (Å²) in [6, 6.07) is 9.24. The molecule has 1 N–H and O–H groups in total. The summed E-state index contributed by atoms with van der Waals surface area (Å²) in [7, 11) is 0. The Balaban J connectivity index is 1.68. The van der Waals surface area contributed by atoms with Gasteiger partial charge in [0.05, 0.1) is 11.6 Å². The van der Waals surface area contributed by atoms with Crippen molar-refractivity contribution in [2.24, 2.45) is 0 Å². The van der Waals surface area contributed by atoms with Crippen molar-refractivity contribution in [3.63, 3.8) is 0 Å². The number of halogens is 2. The molecular weight excluding hydrogens is 349 g/mol. The molecule has 0 saturated carbocycles. The third kappa shape index (κ3) is 3.77. The molecule has 0 aliphatic rings. The second-order valence-electron chi connectivity index (χ2n) is 5.16. The summed E-state index contributed by atoms with van der Waals surface area (Å²) in [5.74, 6) is 0.0556. The normalized spacial score (nSPS) is 10.8. The summed E-state index contributed by atoms with van der Waals surface area (Å²) in [4.78, 5) is 12.2. The fourth-order valence-corrected chi connectivity index (χ4v) is 2.54. The first-order valence-electron chi connectivity index (χ1n) is 7.37. The lowest BCUT2D eigenvalue weighted by Crippen LogP contribution is -2.14. The fraction of sp³-hybridized carbons (Fsp3) is 0.188. The molecule has 3 aromatic rings. The van der Waals surface area contributed by atoms with Gasteiger partial charge in [0.1, 0.15) is 0 Å². The molecule has 6 nitrogen and oxygen atoms in total.